The Morgan fingerprint density at radius 2 is 0.830 bits per heavy atom. The monoisotopic (exact) mass is 700 g/mol. The van der Waals surface area contributed by atoms with E-state index in [1.165, 1.54) is 110 Å². The van der Waals surface area contributed by atoms with Gasteiger partial charge in [-0.1, -0.05) is 124 Å². The van der Waals surface area contributed by atoms with Gasteiger partial charge < -0.3 is 4.74 Å². The highest BCUT2D eigenvalue weighted by Gasteiger charge is 2.25. The second-order valence-electron chi connectivity index (χ2n) is 15.4. The number of ether oxygens (including phenoxy) is 1. The van der Waals surface area contributed by atoms with Crippen LogP contribution in [0.25, 0.3) is 33.4 Å². The summed E-state index contributed by atoms with van der Waals surface area (Å²) in [6.07, 6.45) is 20.2. The summed E-state index contributed by atoms with van der Waals surface area (Å²) in [7, 11) is 0. The summed E-state index contributed by atoms with van der Waals surface area (Å²) in [4.78, 5) is 0. The Bertz CT molecular complexity index is 1730. The summed E-state index contributed by atoms with van der Waals surface area (Å²) in [5, 5.41) is 18.4. The molecule has 4 aromatic rings. The van der Waals surface area contributed by atoms with E-state index in [0.29, 0.717) is 36.2 Å². The molecule has 3 nitrogen and oxygen atoms in total. The first-order chi connectivity index (χ1) is 26.1. The maximum Gasteiger partial charge on any atom is 0.0991 e. The molecule has 2 aliphatic rings. The molecule has 0 unspecified atom stereocenters. The van der Waals surface area contributed by atoms with E-state index in [9.17, 15) is 10.5 Å². The molecule has 0 saturated heterocycles. The molecule has 0 heterocycles. The number of nitriles is 2. The van der Waals surface area contributed by atoms with Gasteiger partial charge in [0.25, 0.3) is 0 Å². The fourth-order valence-corrected chi connectivity index (χ4v) is 8.93. The van der Waals surface area contributed by atoms with Crippen LogP contribution in [-0.2, 0) is 4.74 Å². The second kappa shape index (κ2) is 19.4. The van der Waals surface area contributed by atoms with E-state index in [2.05, 4.69) is 86.7 Å². The molecule has 272 valence electrons. The summed E-state index contributed by atoms with van der Waals surface area (Å²) >= 11 is 0. The van der Waals surface area contributed by atoms with E-state index in [1.54, 1.807) is 0 Å². The summed E-state index contributed by atoms with van der Waals surface area (Å²) < 4.78 is 6.46. The van der Waals surface area contributed by atoms with Crippen molar-refractivity contribution in [1.29, 1.82) is 10.5 Å². The first-order valence-corrected chi connectivity index (χ1v) is 20.3. The third kappa shape index (κ3) is 10.3. The van der Waals surface area contributed by atoms with E-state index < -0.39 is 0 Å². The van der Waals surface area contributed by atoms with Crippen molar-refractivity contribution in [3.8, 4) is 34.4 Å². The molecule has 0 N–H and O–H groups in total. The van der Waals surface area contributed by atoms with Crippen molar-refractivity contribution in [3.05, 3.63) is 131 Å². The number of hydrogen-bond donors (Lipinski definition) is 0. The van der Waals surface area contributed by atoms with Crippen LogP contribution in [0.1, 0.15) is 113 Å². The Kier molecular flexibility index (Phi) is 13.9. The zero-order chi connectivity index (χ0) is 36.8. The number of allylic oxidation sites excluding steroid dienone is 2. The maximum atomic E-state index is 9.22. The topological polar surface area (TPSA) is 56.8 Å². The first-order valence-electron chi connectivity index (χ1n) is 20.3. The largest absolute Gasteiger partial charge is 0.373 e. The SMILES string of the molecule is CCC[C@H]1CC[C@H](C(=CCOCC=C(c2ccc(-c3ccc(C#N)cc3)cc2)[C@H]2CC[C@H](CCC)CC2)c2ccc(-c3ccc(C#N)cc3)cc2)CC1. The van der Waals surface area contributed by atoms with Gasteiger partial charge in [0.05, 0.1) is 36.5 Å². The van der Waals surface area contributed by atoms with E-state index in [4.69, 9.17) is 4.74 Å². The van der Waals surface area contributed by atoms with Crippen LogP contribution >= 0.6 is 0 Å². The van der Waals surface area contributed by atoms with Crippen LogP contribution in [0.2, 0.25) is 0 Å². The fourth-order valence-electron chi connectivity index (χ4n) is 8.93. The molecule has 2 saturated carbocycles. The second-order valence-corrected chi connectivity index (χ2v) is 15.4. The van der Waals surface area contributed by atoms with E-state index in [1.807, 2.05) is 48.5 Å². The van der Waals surface area contributed by atoms with Crippen molar-refractivity contribution in [2.24, 2.45) is 23.7 Å². The van der Waals surface area contributed by atoms with Gasteiger partial charge >= 0.3 is 0 Å². The van der Waals surface area contributed by atoms with Crippen LogP contribution in [0.4, 0.5) is 0 Å². The number of rotatable bonds is 14. The Morgan fingerprint density at radius 1 is 0.509 bits per heavy atom. The normalized spacial score (nSPS) is 20.8. The van der Waals surface area contributed by atoms with Crippen LogP contribution in [-0.4, -0.2) is 13.2 Å². The standard InChI is InChI=1S/C50H56N2O/c1-3-5-37-7-19-45(20-8-37)49(47-27-23-43(24-28-47)41-15-11-39(35-51)12-16-41)31-33-53-34-32-50(46-21-9-38(6-4-2)10-22-46)48-29-25-44(26-30-48)42-17-13-40(36-52)14-18-42/h11-18,23-32,37-38,45-46H,3-10,19-22,33-34H2,1-2H3/t37-,38-,45-,46-. The Hall–Kier alpha value is -4.70. The average molecular weight is 701 g/mol. The summed E-state index contributed by atoms with van der Waals surface area (Å²) in [5.41, 5.74) is 11.5. The predicted octanol–water partition coefficient (Wildman–Crippen LogP) is 13.5. The van der Waals surface area contributed by atoms with Gasteiger partial charge in [-0.25, -0.2) is 0 Å². The molecule has 2 aliphatic carbocycles. The van der Waals surface area contributed by atoms with Crippen molar-refractivity contribution in [2.75, 3.05) is 13.2 Å². The zero-order valence-corrected chi connectivity index (χ0v) is 31.9. The third-order valence-corrected chi connectivity index (χ3v) is 11.9. The molecule has 0 aliphatic heterocycles. The summed E-state index contributed by atoms with van der Waals surface area (Å²) in [6.45, 7) is 5.83. The molecular weight excluding hydrogens is 645 g/mol. The number of hydrogen-bond acceptors (Lipinski definition) is 3. The minimum Gasteiger partial charge on any atom is -0.373 e. The highest BCUT2D eigenvalue weighted by molar-refractivity contribution is 5.73. The lowest BCUT2D eigenvalue weighted by molar-refractivity contribution is 0.193. The Morgan fingerprint density at radius 3 is 1.13 bits per heavy atom. The fraction of sp³-hybridized carbons (Fsp3) is 0.400. The highest BCUT2D eigenvalue weighted by atomic mass is 16.5. The molecule has 2 fully saturated rings. The van der Waals surface area contributed by atoms with Gasteiger partial charge in [0, 0.05) is 0 Å². The Balaban J connectivity index is 1.18. The minimum absolute atomic E-state index is 0.562. The van der Waals surface area contributed by atoms with Crippen molar-refractivity contribution >= 4 is 11.1 Å². The quantitative estimate of drug-likeness (QED) is 0.123. The molecule has 0 atom stereocenters. The third-order valence-electron chi connectivity index (χ3n) is 11.9. The van der Waals surface area contributed by atoms with Crippen LogP contribution in [0, 0.1) is 46.3 Å². The molecular formula is C50H56N2O. The molecule has 3 heteroatoms. The average Bonchev–Trinajstić information content (AvgIpc) is 3.22. The molecule has 4 aromatic carbocycles. The van der Waals surface area contributed by atoms with E-state index >= 15 is 0 Å². The minimum atomic E-state index is 0.562. The van der Waals surface area contributed by atoms with Crippen molar-refractivity contribution < 1.29 is 4.74 Å². The molecule has 6 rings (SSSR count). The molecule has 0 bridgehead atoms. The lowest BCUT2D eigenvalue weighted by Gasteiger charge is -2.31. The van der Waals surface area contributed by atoms with Gasteiger partial charge in [-0.2, -0.15) is 10.5 Å². The summed E-state index contributed by atoms with van der Waals surface area (Å²) in [6, 6.07) is 38.2. The molecule has 0 amide bonds. The Labute approximate surface area is 319 Å². The van der Waals surface area contributed by atoms with Gasteiger partial charge in [-0.15, -0.1) is 0 Å². The van der Waals surface area contributed by atoms with Crippen molar-refractivity contribution in [1.82, 2.24) is 0 Å². The van der Waals surface area contributed by atoms with Crippen LogP contribution in [0.5, 0.6) is 0 Å². The van der Waals surface area contributed by atoms with Crippen LogP contribution in [0.3, 0.4) is 0 Å². The zero-order valence-electron chi connectivity index (χ0n) is 31.9. The van der Waals surface area contributed by atoms with Crippen molar-refractivity contribution in [3.63, 3.8) is 0 Å². The molecule has 53 heavy (non-hydrogen) atoms. The molecule has 0 radical (unpaired) electrons. The predicted molar refractivity (Wildman–Crippen MR) is 221 cm³/mol. The summed E-state index contributed by atoms with van der Waals surface area (Å²) in [5.74, 6) is 2.86. The molecule has 0 aromatic heterocycles. The van der Waals surface area contributed by atoms with E-state index in [0.717, 1.165) is 23.0 Å². The van der Waals surface area contributed by atoms with Gasteiger partial charge in [0.2, 0.25) is 0 Å². The maximum absolute atomic E-state index is 9.22. The lowest BCUT2D eigenvalue weighted by atomic mass is 9.75. The smallest absolute Gasteiger partial charge is 0.0991 e. The highest BCUT2D eigenvalue weighted by Crippen LogP contribution is 2.41. The first kappa shape index (κ1) is 38.0. The van der Waals surface area contributed by atoms with Gasteiger partial charge in [0.15, 0.2) is 0 Å². The van der Waals surface area contributed by atoms with E-state index in [-0.39, 0.29) is 0 Å². The van der Waals surface area contributed by atoms with Crippen LogP contribution in [0.15, 0.2) is 109 Å². The van der Waals surface area contributed by atoms with Crippen molar-refractivity contribution in [2.45, 2.75) is 90.9 Å². The number of nitrogens with zero attached hydrogens (tertiary/aromatic N) is 2. The van der Waals surface area contributed by atoms with Gasteiger partial charge in [-0.3, -0.25) is 0 Å². The van der Waals surface area contributed by atoms with Gasteiger partial charge in [-0.05, 0) is 144 Å². The van der Waals surface area contributed by atoms with Crippen LogP contribution < -0.4 is 0 Å². The van der Waals surface area contributed by atoms with Gasteiger partial charge in [0.1, 0.15) is 0 Å². The number of benzene rings is 4. The molecule has 0 spiro atoms. The lowest BCUT2D eigenvalue weighted by Crippen LogP contribution is -2.16.